The average molecular weight is 297 g/mol. The Bertz CT molecular complexity index is 678. The first-order chi connectivity index (χ1) is 9.47. The van der Waals surface area contributed by atoms with Gasteiger partial charge in [0.15, 0.2) is 0 Å². The molecule has 0 aromatic heterocycles. The van der Waals surface area contributed by atoms with Crippen LogP contribution in [0, 0.1) is 0 Å². The number of carbonyl (C=O) groups excluding carboxylic acids is 1. The molecule has 0 saturated heterocycles. The molecule has 0 bridgehead atoms. The molecule has 20 heavy (non-hydrogen) atoms. The number of thioether (sulfide) groups is 1. The predicted molar refractivity (Wildman–Crippen MR) is 74.1 cm³/mol. The SMILES string of the molecule is O=C1c2cccc3cccc(c23)N1CCSC(F)(F)F. The van der Waals surface area contributed by atoms with E-state index in [4.69, 9.17) is 0 Å². The topological polar surface area (TPSA) is 20.3 Å². The minimum atomic E-state index is -4.26. The van der Waals surface area contributed by atoms with Crippen LogP contribution < -0.4 is 4.90 Å². The van der Waals surface area contributed by atoms with Crippen LogP contribution in [0.4, 0.5) is 18.9 Å². The molecule has 1 heterocycles. The lowest BCUT2D eigenvalue weighted by molar-refractivity contribution is -0.0327. The van der Waals surface area contributed by atoms with Crippen LogP contribution in [0.1, 0.15) is 10.4 Å². The number of benzene rings is 2. The molecule has 0 unspecified atom stereocenters. The Labute approximate surface area is 117 Å². The van der Waals surface area contributed by atoms with Crippen molar-refractivity contribution in [3.05, 3.63) is 42.0 Å². The van der Waals surface area contributed by atoms with Crippen LogP contribution >= 0.6 is 11.8 Å². The van der Waals surface area contributed by atoms with Gasteiger partial charge in [-0.15, -0.1) is 0 Å². The van der Waals surface area contributed by atoms with Gasteiger partial charge in [0.05, 0.1) is 5.69 Å². The van der Waals surface area contributed by atoms with Gasteiger partial charge in [-0.3, -0.25) is 4.79 Å². The normalized spacial score (nSPS) is 14.3. The highest BCUT2D eigenvalue weighted by Crippen LogP contribution is 2.38. The van der Waals surface area contributed by atoms with Gasteiger partial charge in [-0.1, -0.05) is 24.3 Å². The second-order valence-corrected chi connectivity index (χ2v) is 5.59. The summed E-state index contributed by atoms with van der Waals surface area (Å²) in [7, 11) is 0. The van der Waals surface area contributed by atoms with E-state index in [2.05, 4.69) is 0 Å². The van der Waals surface area contributed by atoms with E-state index in [1.54, 1.807) is 18.2 Å². The van der Waals surface area contributed by atoms with E-state index in [1.165, 1.54) is 4.90 Å². The fourth-order valence-electron chi connectivity index (χ4n) is 2.45. The molecule has 3 rings (SSSR count). The summed E-state index contributed by atoms with van der Waals surface area (Å²) in [5.74, 6) is -0.390. The molecule has 2 nitrogen and oxygen atoms in total. The molecule has 2 aromatic carbocycles. The molecule has 1 aliphatic heterocycles. The zero-order valence-corrected chi connectivity index (χ0v) is 11.1. The first-order valence-electron chi connectivity index (χ1n) is 6.02. The molecule has 0 saturated carbocycles. The van der Waals surface area contributed by atoms with Crippen molar-refractivity contribution < 1.29 is 18.0 Å². The van der Waals surface area contributed by atoms with Gasteiger partial charge in [0, 0.05) is 23.2 Å². The summed E-state index contributed by atoms with van der Waals surface area (Å²) in [6.45, 7) is 0.0524. The molecule has 0 aliphatic carbocycles. The molecule has 6 heteroatoms. The fraction of sp³-hybridized carbons (Fsp3) is 0.214. The molecule has 2 aromatic rings. The van der Waals surface area contributed by atoms with Crippen molar-refractivity contribution in [3.8, 4) is 0 Å². The lowest BCUT2D eigenvalue weighted by atomic mass is 10.1. The molecule has 0 spiro atoms. The maximum Gasteiger partial charge on any atom is 0.441 e. The molecular formula is C14H10F3NOS. The van der Waals surface area contributed by atoms with E-state index in [9.17, 15) is 18.0 Å². The average Bonchev–Trinajstić information content (AvgIpc) is 2.66. The summed E-state index contributed by atoms with van der Waals surface area (Å²) in [6, 6.07) is 10.9. The molecule has 0 atom stereocenters. The van der Waals surface area contributed by atoms with E-state index < -0.39 is 5.51 Å². The monoisotopic (exact) mass is 297 g/mol. The van der Waals surface area contributed by atoms with Gasteiger partial charge in [0.2, 0.25) is 0 Å². The van der Waals surface area contributed by atoms with Gasteiger partial charge >= 0.3 is 5.51 Å². The van der Waals surface area contributed by atoms with Gasteiger partial charge in [-0.2, -0.15) is 13.2 Å². The molecule has 0 N–H and O–H groups in total. The zero-order chi connectivity index (χ0) is 14.3. The summed E-state index contributed by atoms with van der Waals surface area (Å²) in [4.78, 5) is 13.7. The first kappa shape index (κ1) is 13.3. The van der Waals surface area contributed by atoms with Crippen LogP contribution in [0.25, 0.3) is 10.8 Å². The lowest BCUT2D eigenvalue weighted by Gasteiger charge is -2.17. The van der Waals surface area contributed by atoms with Crippen molar-refractivity contribution >= 4 is 34.1 Å². The Morgan fingerprint density at radius 3 is 2.50 bits per heavy atom. The van der Waals surface area contributed by atoms with E-state index in [0.29, 0.717) is 11.3 Å². The van der Waals surface area contributed by atoms with Crippen LogP contribution in [0.5, 0.6) is 0 Å². The van der Waals surface area contributed by atoms with Gasteiger partial charge in [-0.25, -0.2) is 0 Å². The Hall–Kier alpha value is -1.69. The largest absolute Gasteiger partial charge is 0.441 e. The van der Waals surface area contributed by atoms with Crippen molar-refractivity contribution in [2.45, 2.75) is 5.51 Å². The fourth-order valence-corrected chi connectivity index (χ4v) is 2.96. The lowest BCUT2D eigenvalue weighted by Crippen LogP contribution is -2.29. The summed E-state index contributed by atoms with van der Waals surface area (Å²) in [6.07, 6.45) is 0. The smallest absolute Gasteiger partial charge is 0.307 e. The third kappa shape index (κ3) is 2.24. The van der Waals surface area contributed by atoms with Gasteiger partial charge in [0.1, 0.15) is 0 Å². The van der Waals surface area contributed by atoms with Crippen LogP contribution in [0.3, 0.4) is 0 Å². The van der Waals surface area contributed by atoms with E-state index in [-0.39, 0.29) is 30.0 Å². The number of rotatable bonds is 3. The van der Waals surface area contributed by atoms with Crippen LogP contribution in [-0.2, 0) is 0 Å². The second-order valence-electron chi connectivity index (χ2n) is 4.43. The van der Waals surface area contributed by atoms with Crippen LogP contribution in [-0.4, -0.2) is 23.7 Å². The van der Waals surface area contributed by atoms with Gasteiger partial charge in [0.25, 0.3) is 5.91 Å². The first-order valence-corrected chi connectivity index (χ1v) is 7.00. The summed E-state index contributed by atoms with van der Waals surface area (Å²) in [5, 5.41) is 1.76. The van der Waals surface area contributed by atoms with Gasteiger partial charge < -0.3 is 4.90 Å². The van der Waals surface area contributed by atoms with Crippen molar-refractivity contribution in [2.24, 2.45) is 0 Å². The second kappa shape index (κ2) is 4.70. The van der Waals surface area contributed by atoms with Crippen molar-refractivity contribution in [1.29, 1.82) is 0 Å². The summed E-state index contributed by atoms with van der Waals surface area (Å²) in [5.41, 5.74) is -3.00. The van der Waals surface area contributed by atoms with Gasteiger partial charge in [-0.05, 0) is 29.3 Å². The summed E-state index contributed by atoms with van der Waals surface area (Å²) >= 11 is -0.103. The zero-order valence-electron chi connectivity index (χ0n) is 10.3. The minimum Gasteiger partial charge on any atom is -0.307 e. The molecule has 0 fully saturated rings. The highest BCUT2D eigenvalue weighted by atomic mass is 32.2. The maximum atomic E-state index is 12.3. The maximum absolute atomic E-state index is 12.3. The third-order valence-electron chi connectivity index (χ3n) is 3.23. The number of nitrogens with zero attached hydrogens (tertiary/aromatic N) is 1. The number of amides is 1. The number of carbonyl (C=O) groups is 1. The Kier molecular flexibility index (Phi) is 3.12. The van der Waals surface area contributed by atoms with E-state index >= 15 is 0 Å². The molecular weight excluding hydrogens is 287 g/mol. The Balaban J connectivity index is 1.89. The standard InChI is InChI=1S/C14H10F3NOS/c15-14(16,17)20-8-7-18-11-6-2-4-9-3-1-5-10(12(9)11)13(18)19/h1-6H,7-8H2. The molecule has 0 radical (unpaired) electrons. The predicted octanol–water partition coefficient (Wildman–Crippen LogP) is 4.05. The highest BCUT2D eigenvalue weighted by molar-refractivity contribution is 8.00. The van der Waals surface area contributed by atoms with Crippen molar-refractivity contribution in [3.63, 3.8) is 0 Å². The number of halogens is 3. The molecule has 1 amide bonds. The van der Waals surface area contributed by atoms with E-state index in [1.807, 2.05) is 18.2 Å². The van der Waals surface area contributed by atoms with Crippen molar-refractivity contribution in [2.75, 3.05) is 17.2 Å². The van der Waals surface area contributed by atoms with Crippen molar-refractivity contribution in [1.82, 2.24) is 0 Å². The van der Waals surface area contributed by atoms with E-state index in [0.717, 1.165) is 10.8 Å². The van der Waals surface area contributed by atoms with Crippen LogP contribution in [0.2, 0.25) is 0 Å². The summed E-state index contributed by atoms with van der Waals surface area (Å²) < 4.78 is 36.5. The Morgan fingerprint density at radius 2 is 1.80 bits per heavy atom. The quantitative estimate of drug-likeness (QED) is 0.851. The van der Waals surface area contributed by atoms with Crippen LogP contribution in [0.15, 0.2) is 36.4 Å². The third-order valence-corrected chi connectivity index (χ3v) is 3.94. The Morgan fingerprint density at radius 1 is 1.10 bits per heavy atom. The number of hydrogen-bond donors (Lipinski definition) is 0. The molecule has 1 aliphatic rings. The molecule has 104 valence electrons. The number of hydrogen-bond acceptors (Lipinski definition) is 2. The number of anilines is 1. The highest BCUT2D eigenvalue weighted by Gasteiger charge is 2.32. The number of alkyl halides is 3. The minimum absolute atomic E-state index is 0.0524.